The zero-order chi connectivity index (χ0) is 36.8. The van der Waals surface area contributed by atoms with Crippen LogP contribution in [-0.4, -0.2) is 67.5 Å². The van der Waals surface area contributed by atoms with Crippen molar-refractivity contribution in [3.8, 4) is 5.75 Å². The van der Waals surface area contributed by atoms with Gasteiger partial charge in [0.15, 0.2) is 11.9 Å². The van der Waals surface area contributed by atoms with Gasteiger partial charge in [-0.2, -0.15) is 0 Å². The number of carbonyl (C=O) groups is 4. The maximum absolute atomic E-state index is 13.6. The summed E-state index contributed by atoms with van der Waals surface area (Å²) in [5.41, 5.74) is 1.74. The molecule has 272 valence electrons. The molecule has 2 N–H and O–H groups in total. The van der Waals surface area contributed by atoms with Gasteiger partial charge in [0.05, 0.1) is 19.6 Å². The second-order valence-corrected chi connectivity index (χ2v) is 13.3. The van der Waals surface area contributed by atoms with E-state index >= 15 is 0 Å². The fourth-order valence-corrected chi connectivity index (χ4v) is 5.73. The number of esters is 2. The van der Waals surface area contributed by atoms with Crippen LogP contribution in [0, 0.1) is 11.8 Å². The summed E-state index contributed by atoms with van der Waals surface area (Å²) in [4.78, 5) is 51.6. The molecule has 0 saturated carbocycles. The van der Waals surface area contributed by atoms with E-state index in [1.54, 1.807) is 37.5 Å². The molecule has 0 aliphatic carbocycles. The molecule has 2 aromatic carbocycles. The van der Waals surface area contributed by atoms with Gasteiger partial charge in [0, 0.05) is 25.3 Å². The third kappa shape index (κ3) is 12.1. The third-order valence-corrected chi connectivity index (χ3v) is 8.30. The van der Waals surface area contributed by atoms with Gasteiger partial charge in [0.1, 0.15) is 24.0 Å². The first-order valence-electron chi connectivity index (χ1n) is 17.0. The summed E-state index contributed by atoms with van der Waals surface area (Å²) >= 11 is 0. The molecule has 1 heterocycles. The quantitative estimate of drug-likeness (QED) is 0.113. The number of hydrogen-bond donors (Lipinski definition) is 2. The van der Waals surface area contributed by atoms with E-state index in [9.17, 15) is 19.2 Å². The predicted octanol–water partition coefficient (Wildman–Crippen LogP) is 5.39. The van der Waals surface area contributed by atoms with E-state index in [1.807, 2.05) is 65.0 Å². The molecule has 0 bridgehead atoms. The Hall–Kier alpha value is -4.48. The number of ether oxygens (including phenoxy) is 5. The van der Waals surface area contributed by atoms with E-state index in [0.29, 0.717) is 12.2 Å². The van der Waals surface area contributed by atoms with Crippen molar-refractivity contribution in [2.24, 2.45) is 11.8 Å². The Morgan fingerprint density at radius 3 is 2.24 bits per heavy atom. The Balaban J connectivity index is 1.63. The number of hydrogen-bond acceptors (Lipinski definition) is 9. The average Bonchev–Trinajstić information content (AvgIpc) is 3.42. The molecule has 11 nitrogen and oxygen atoms in total. The van der Waals surface area contributed by atoms with Crippen molar-refractivity contribution in [1.82, 2.24) is 10.6 Å². The first-order valence-corrected chi connectivity index (χ1v) is 17.0. The van der Waals surface area contributed by atoms with Crippen LogP contribution in [0.2, 0.25) is 0 Å². The van der Waals surface area contributed by atoms with E-state index in [4.69, 9.17) is 23.7 Å². The van der Waals surface area contributed by atoms with E-state index < -0.39 is 53.9 Å². The topological polar surface area (TPSA) is 138 Å². The molecule has 1 fully saturated rings. The van der Waals surface area contributed by atoms with Crippen LogP contribution in [0.25, 0.3) is 0 Å². The van der Waals surface area contributed by atoms with Gasteiger partial charge in [-0.25, -0.2) is 4.79 Å². The number of methoxy groups -OCH3 is 1. The molecule has 0 spiro atoms. The summed E-state index contributed by atoms with van der Waals surface area (Å²) in [6.45, 7) is 16.7. The minimum absolute atomic E-state index is 0.0114. The summed E-state index contributed by atoms with van der Waals surface area (Å²) in [7, 11) is 1.55. The van der Waals surface area contributed by atoms with Crippen molar-refractivity contribution in [3.63, 3.8) is 0 Å². The van der Waals surface area contributed by atoms with E-state index in [1.165, 1.54) is 0 Å². The van der Waals surface area contributed by atoms with Gasteiger partial charge in [0.2, 0.25) is 11.8 Å². The molecule has 0 aromatic heterocycles. The molecular weight excluding hydrogens is 640 g/mol. The molecular formula is C39H52N2O9. The highest BCUT2D eigenvalue weighted by Gasteiger charge is 2.47. The van der Waals surface area contributed by atoms with Crippen molar-refractivity contribution < 1.29 is 42.9 Å². The second-order valence-electron chi connectivity index (χ2n) is 13.3. The van der Waals surface area contributed by atoms with Crippen LogP contribution < -0.4 is 15.4 Å². The van der Waals surface area contributed by atoms with Gasteiger partial charge < -0.3 is 34.3 Å². The van der Waals surface area contributed by atoms with Crippen LogP contribution >= 0.6 is 0 Å². The average molecular weight is 693 g/mol. The van der Waals surface area contributed by atoms with E-state index in [-0.39, 0.29) is 43.7 Å². The van der Waals surface area contributed by atoms with Crippen molar-refractivity contribution in [2.75, 3.05) is 13.7 Å². The van der Waals surface area contributed by atoms with Gasteiger partial charge in [-0.1, -0.05) is 75.9 Å². The molecule has 3 rings (SSSR count). The monoisotopic (exact) mass is 692 g/mol. The lowest BCUT2D eigenvalue weighted by molar-refractivity contribution is -0.178. The predicted molar refractivity (Wildman–Crippen MR) is 189 cm³/mol. The molecule has 11 heteroatoms. The zero-order valence-corrected chi connectivity index (χ0v) is 30.0. The van der Waals surface area contributed by atoms with Gasteiger partial charge >= 0.3 is 11.9 Å². The summed E-state index contributed by atoms with van der Waals surface area (Å²) in [5.74, 6) is -2.83. The first kappa shape index (κ1) is 40.0. The normalized spacial score (nSPS) is 18.9. The Morgan fingerprint density at radius 1 is 0.960 bits per heavy atom. The van der Waals surface area contributed by atoms with Crippen molar-refractivity contribution >= 4 is 23.8 Å². The molecule has 50 heavy (non-hydrogen) atoms. The summed E-state index contributed by atoms with van der Waals surface area (Å²) in [6.07, 6.45) is 0.756. The Kier molecular flexibility index (Phi) is 15.2. The number of carbonyl (C=O) groups excluding carboxylic acids is 4. The lowest BCUT2D eigenvalue weighted by atomic mass is 9.89. The van der Waals surface area contributed by atoms with Gasteiger partial charge in [-0.05, 0) is 55.5 Å². The van der Waals surface area contributed by atoms with Crippen molar-refractivity contribution in [1.29, 1.82) is 0 Å². The Bertz CT molecular complexity index is 1440. The van der Waals surface area contributed by atoms with E-state index in [2.05, 4.69) is 23.8 Å². The number of amides is 2. The van der Waals surface area contributed by atoms with Crippen molar-refractivity contribution in [3.05, 3.63) is 91.0 Å². The first-order chi connectivity index (χ1) is 23.8. The molecule has 2 aromatic rings. The highest BCUT2D eigenvalue weighted by molar-refractivity contribution is 5.92. The Labute approximate surface area is 295 Å². The number of rotatable bonds is 19. The molecule has 1 aliphatic rings. The summed E-state index contributed by atoms with van der Waals surface area (Å²) in [5, 5.41) is 5.31. The lowest BCUT2D eigenvalue weighted by Crippen LogP contribution is -2.48. The largest absolute Gasteiger partial charge is 0.497 e. The summed E-state index contributed by atoms with van der Waals surface area (Å²) in [6, 6.07) is 15.9. The van der Waals surface area contributed by atoms with Gasteiger partial charge in [-0.15, -0.1) is 6.58 Å². The standard InChI is InChI=1S/C39H52N2O9/c1-9-14-31(26(5)35-36(50-39(6,7)49-35)28-15-12-11-13-16-28)48-38(45)32(23-25(3)4)47-34(43)21-22-40-37(44)30(41-33(42)10-2)24-27-17-19-29(46-8)20-18-27/h9-13,15-20,25-26,30-32,35-36H,1-2,14,21-24H2,3-8H3,(H,40,44)(H,41,42)/t26-,30+,31-,32-,35+,36+/m0/s1. The third-order valence-electron chi connectivity index (χ3n) is 8.30. The van der Waals surface area contributed by atoms with Crippen LogP contribution in [0.3, 0.4) is 0 Å². The maximum atomic E-state index is 13.6. The van der Waals surface area contributed by atoms with Crippen molar-refractivity contribution in [2.45, 2.75) is 96.5 Å². The molecule has 1 aliphatic heterocycles. The van der Waals surface area contributed by atoms with Gasteiger partial charge in [0.25, 0.3) is 0 Å². The molecule has 6 atom stereocenters. The lowest BCUT2D eigenvalue weighted by Gasteiger charge is -2.31. The van der Waals surface area contributed by atoms with E-state index in [0.717, 1.165) is 17.2 Å². The maximum Gasteiger partial charge on any atom is 0.347 e. The Morgan fingerprint density at radius 2 is 1.64 bits per heavy atom. The molecule has 0 radical (unpaired) electrons. The highest BCUT2D eigenvalue weighted by atomic mass is 16.8. The molecule has 1 saturated heterocycles. The van der Waals surface area contributed by atoms with Crippen LogP contribution in [0.5, 0.6) is 5.75 Å². The fourth-order valence-electron chi connectivity index (χ4n) is 5.73. The van der Waals surface area contributed by atoms with Crippen LogP contribution in [0.4, 0.5) is 0 Å². The number of nitrogens with one attached hydrogen (secondary N) is 2. The number of benzene rings is 2. The minimum Gasteiger partial charge on any atom is -0.497 e. The summed E-state index contributed by atoms with van der Waals surface area (Å²) < 4.78 is 29.4. The van der Waals surface area contributed by atoms with Crippen LogP contribution in [-0.2, 0) is 44.5 Å². The van der Waals surface area contributed by atoms with Crippen LogP contribution in [0.1, 0.15) is 71.1 Å². The van der Waals surface area contributed by atoms with Gasteiger partial charge in [-0.3, -0.25) is 14.4 Å². The minimum atomic E-state index is -1.16. The smallest absolute Gasteiger partial charge is 0.347 e. The van der Waals surface area contributed by atoms with Crippen LogP contribution in [0.15, 0.2) is 79.9 Å². The zero-order valence-electron chi connectivity index (χ0n) is 30.0. The highest BCUT2D eigenvalue weighted by Crippen LogP contribution is 2.43. The second kappa shape index (κ2) is 19.1. The SMILES string of the molecule is C=CC[C@H](OC(=O)[C@H](CC(C)C)OC(=O)CCNC(=O)[C@@H](Cc1ccc(OC)cc1)NC(=O)C=C)[C@H](C)[C@H]1OC(C)(C)O[C@@H]1c1ccccc1. The molecule has 0 unspecified atom stereocenters. The fraction of sp³-hybridized carbons (Fsp3) is 0.487. The molecule has 2 amide bonds.